The van der Waals surface area contributed by atoms with Crippen molar-refractivity contribution >= 4 is 22.6 Å². The number of benzene rings is 1. The van der Waals surface area contributed by atoms with Gasteiger partial charge in [0.15, 0.2) is 0 Å². The lowest BCUT2D eigenvalue weighted by atomic mass is 10.00. The van der Waals surface area contributed by atoms with Crippen molar-refractivity contribution in [3.63, 3.8) is 0 Å². The Bertz CT molecular complexity index is 350. The zero-order chi connectivity index (χ0) is 12.0. The standard InChI is InChI=1S/C13H19IN2/c1-3-4-5-9-12(16-15)11-8-6-7-10(2)13(11)14/h3,6-8,12,16H,1,4-5,9,15H2,2H3. The predicted molar refractivity (Wildman–Crippen MR) is 78.0 cm³/mol. The zero-order valence-electron chi connectivity index (χ0n) is 9.67. The summed E-state index contributed by atoms with van der Waals surface area (Å²) in [4.78, 5) is 0. The molecule has 0 radical (unpaired) electrons. The molecule has 1 unspecified atom stereocenters. The lowest BCUT2D eigenvalue weighted by Crippen LogP contribution is -2.28. The largest absolute Gasteiger partial charge is 0.271 e. The first-order valence-electron chi connectivity index (χ1n) is 5.52. The van der Waals surface area contributed by atoms with Crippen molar-refractivity contribution in [1.82, 2.24) is 5.43 Å². The summed E-state index contributed by atoms with van der Waals surface area (Å²) in [5, 5.41) is 0. The first-order chi connectivity index (χ1) is 7.70. The molecule has 0 aliphatic rings. The topological polar surface area (TPSA) is 38.0 Å². The van der Waals surface area contributed by atoms with Crippen LogP contribution in [-0.2, 0) is 0 Å². The molecule has 0 aliphatic carbocycles. The van der Waals surface area contributed by atoms with Gasteiger partial charge in [-0.3, -0.25) is 11.3 Å². The Morgan fingerprint density at radius 2 is 2.31 bits per heavy atom. The molecule has 2 nitrogen and oxygen atoms in total. The van der Waals surface area contributed by atoms with Gasteiger partial charge in [-0.05, 0) is 59.9 Å². The van der Waals surface area contributed by atoms with E-state index in [2.05, 4.69) is 59.7 Å². The van der Waals surface area contributed by atoms with Gasteiger partial charge in [-0.2, -0.15) is 0 Å². The molecular formula is C13H19IN2. The highest BCUT2D eigenvalue weighted by Gasteiger charge is 2.13. The van der Waals surface area contributed by atoms with Crippen molar-refractivity contribution in [3.8, 4) is 0 Å². The van der Waals surface area contributed by atoms with E-state index in [4.69, 9.17) is 5.84 Å². The van der Waals surface area contributed by atoms with Gasteiger partial charge >= 0.3 is 0 Å². The molecule has 0 saturated carbocycles. The highest BCUT2D eigenvalue weighted by molar-refractivity contribution is 14.1. The summed E-state index contributed by atoms with van der Waals surface area (Å²) in [5.74, 6) is 5.63. The Kier molecular flexibility index (Phi) is 6.01. The van der Waals surface area contributed by atoms with Crippen LogP contribution in [0.5, 0.6) is 0 Å². The molecule has 0 heterocycles. The summed E-state index contributed by atoms with van der Waals surface area (Å²) in [6, 6.07) is 6.60. The normalized spacial score (nSPS) is 12.4. The zero-order valence-corrected chi connectivity index (χ0v) is 11.8. The molecule has 0 aliphatic heterocycles. The van der Waals surface area contributed by atoms with E-state index in [0.29, 0.717) is 0 Å². The molecule has 3 N–H and O–H groups in total. The lowest BCUT2D eigenvalue weighted by molar-refractivity contribution is 0.499. The smallest absolute Gasteiger partial charge is 0.0470 e. The van der Waals surface area contributed by atoms with E-state index in [9.17, 15) is 0 Å². The number of rotatable bonds is 6. The molecule has 1 aromatic carbocycles. The molecule has 0 spiro atoms. The molecule has 0 saturated heterocycles. The fourth-order valence-electron chi connectivity index (χ4n) is 1.73. The summed E-state index contributed by atoms with van der Waals surface area (Å²) in [7, 11) is 0. The third-order valence-electron chi connectivity index (χ3n) is 2.70. The van der Waals surface area contributed by atoms with Crippen molar-refractivity contribution in [3.05, 3.63) is 45.6 Å². The van der Waals surface area contributed by atoms with E-state index in [1.165, 1.54) is 14.7 Å². The number of hydrogen-bond donors (Lipinski definition) is 2. The van der Waals surface area contributed by atoms with Crippen molar-refractivity contribution in [2.24, 2.45) is 5.84 Å². The van der Waals surface area contributed by atoms with Gasteiger partial charge in [0.2, 0.25) is 0 Å². The fourth-order valence-corrected chi connectivity index (χ4v) is 2.47. The number of hydrazine groups is 1. The Balaban J connectivity index is 2.78. The summed E-state index contributed by atoms with van der Waals surface area (Å²) < 4.78 is 1.31. The maximum atomic E-state index is 5.63. The van der Waals surface area contributed by atoms with Gasteiger partial charge < -0.3 is 0 Å². The van der Waals surface area contributed by atoms with Crippen LogP contribution < -0.4 is 11.3 Å². The Hall–Kier alpha value is -0.390. The Morgan fingerprint density at radius 1 is 1.56 bits per heavy atom. The molecule has 1 atom stereocenters. The van der Waals surface area contributed by atoms with Crippen LogP contribution in [0.25, 0.3) is 0 Å². The minimum atomic E-state index is 0.242. The third-order valence-corrected chi connectivity index (χ3v) is 4.17. The number of allylic oxidation sites excluding steroid dienone is 1. The van der Waals surface area contributed by atoms with E-state index in [1.54, 1.807) is 0 Å². The SMILES string of the molecule is C=CCCCC(NN)c1cccc(C)c1I. The monoisotopic (exact) mass is 330 g/mol. The molecule has 0 amide bonds. The number of hydrogen-bond acceptors (Lipinski definition) is 2. The second-order valence-electron chi connectivity index (χ2n) is 3.92. The second kappa shape index (κ2) is 7.04. The van der Waals surface area contributed by atoms with Crippen molar-refractivity contribution in [2.45, 2.75) is 32.2 Å². The minimum absolute atomic E-state index is 0.242. The maximum absolute atomic E-state index is 5.63. The van der Waals surface area contributed by atoms with Crippen molar-refractivity contribution < 1.29 is 0 Å². The van der Waals surface area contributed by atoms with Gasteiger partial charge in [0, 0.05) is 9.61 Å². The predicted octanol–water partition coefficient (Wildman–Crippen LogP) is 3.46. The van der Waals surface area contributed by atoms with E-state index in [-0.39, 0.29) is 6.04 Å². The summed E-state index contributed by atoms with van der Waals surface area (Å²) in [6.07, 6.45) is 5.15. The van der Waals surface area contributed by atoms with Crippen LogP contribution in [0.3, 0.4) is 0 Å². The average molecular weight is 330 g/mol. The molecule has 0 fully saturated rings. The molecule has 1 rings (SSSR count). The van der Waals surface area contributed by atoms with Crippen LogP contribution >= 0.6 is 22.6 Å². The van der Waals surface area contributed by atoms with Gasteiger partial charge in [0.25, 0.3) is 0 Å². The molecule has 16 heavy (non-hydrogen) atoms. The number of aryl methyl sites for hydroxylation is 1. The number of unbranched alkanes of at least 4 members (excludes halogenated alkanes) is 1. The van der Waals surface area contributed by atoms with Crippen LogP contribution in [0.1, 0.15) is 36.4 Å². The van der Waals surface area contributed by atoms with Crippen LogP contribution in [0, 0.1) is 10.5 Å². The second-order valence-corrected chi connectivity index (χ2v) is 5.00. The molecule has 88 valence electrons. The Morgan fingerprint density at radius 3 is 2.94 bits per heavy atom. The highest BCUT2D eigenvalue weighted by Crippen LogP contribution is 2.25. The maximum Gasteiger partial charge on any atom is 0.0470 e. The van der Waals surface area contributed by atoms with Crippen LogP contribution in [0.2, 0.25) is 0 Å². The minimum Gasteiger partial charge on any atom is -0.271 e. The first-order valence-corrected chi connectivity index (χ1v) is 6.60. The molecule has 1 aromatic rings. The highest BCUT2D eigenvalue weighted by atomic mass is 127. The van der Waals surface area contributed by atoms with Crippen molar-refractivity contribution in [1.29, 1.82) is 0 Å². The van der Waals surface area contributed by atoms with Gasteiger partial charge in [-0.1, -0.05) is 24.3 Å². The van der Waals surface area contributed by atoms with Gasteiger partial charge in [-0.15, -0.1) is 6.58 Å². The van der Waals surface area contributed by atoms with E-state index < -0.39 is 0 Å². The van der Waals surface area contributed by atoms with Gasteiger partial charge in [0.1, 0.15) is 0 Å². The summed E-state index contributed by atoms with van der Waals surface area (Å²) in [6.45, 7) is 5.86. The first kappa shape index (κ1) is 13.7. The quantitative estimate of drug-likeness (QED) is 0.276. The van der Waals surface area contributed by atoms with Gasteiger partial charge in [-0.25, -0.2) is 0 Å². The van der Waals surface area contributed by atoms with Crippen LogP contribution in [-0.4, -0.2) is 0 Å². The number of nitrogens with one attached hydrogen (secondary N) is 1. The molecular weight excluding hydrogens is 311 g/mol. The summed E-state index contributed by atoms with van der Waals surface area (Å²) >= 11 is 2.39. The number of halogens is 1. The average Bonchev–Trinajstić information content (AvgIpc) is 2.29. The third kappa shape index (κ3) is 3.57. The number of nitrogens with two attached hydrogens (primary N) is 1. The Labute approximate surface area is 111 Å². The fraction of sp³-hybridized carbons (Fsp3) is 0.385. The molecule has 3 heteroatoms. The van der Waals surface area contributed by atoms with E-state index in [1.807, 2.05) is 6.08 Å². The molecule has 0 bridgehead atoms. The van der Waals surface area contributed by atoms with Crippen molar-refractivity contribution in [2.75, 3.05) is 0 Å². The lowest BCUT2D eigenvalue weighted by Gasteiger charge is -2.18. The van der Waals surface area contributed by atoms with E-state index in [0.717, 1.165) is 19.3 Å². The van der Waals surface area contributed by atoms with Crippen LogP contribution in [0.4, 0.5) is 0 Å². The summed E-state index contributed by atoms with van der Waals surface area (Å²) in [5.41, 5.74) is 5.51. The van der Waals surface area contributed by atoms with Crippen LogP contribution in [0.15, 0.2) is 30.9 Å². The van der Waals surface area contributed by atoms with E-state index >= 15 is 0 Å². The van der Waals surface area contributed by atoms with Gasteiger partial charge in [0.05, 0.1) is 0 Å². The molecule has 0 aromatic heterocycles.